The first kappa shape index (κ1) is 13.9. The van der Waals surface area contributed by atoms with E-state index in [9.17, 15) is 18.0 Å². The third kappa shape index (κ3) is 2.58. The first-order valence-corrected chi connectivity index (χ1v) is 5.52. The molecular formula is C12H10F3N3O2. The lowest BCUT2D eigenvalue weighted by Crippen LogP contribution is -2.10. The lowest BCUT2D eigenvalue weighted by atomic mass is 10.2. The number of nitrogens with zero attached hydrogens (tertiary/aromatic N) is 2. The predicted octanol–water partition coefficient (Wildman–Crippen LogP) is 2.15. The Bertz CT molecular complexity index is 647. The summed E-state index contributed by atoms with van der Waals surface area (Å²) < 4.78 is 40.2. The molecule has 106 valence electrons. The summed E-state index contributed by atoms with van der Waals surface area (Å²) in [6.07, 6.45) is 1.17. The van der Waals surface area contributed by atoms with Crippen LogP contribution >= 0.6 is 0 Å². The quantitative estimate of drug-likeness (QED) is 0.845. The maximum absolute atomic E-state index is 13.0. The third-order valence-electron chi connectivity index (χ3n) is 2.74. The lowest BCUT2D eigenvalue weighted by Gasteiger charge is -2.08. The zero-order chi connectivity index (χ0) is 14.9. The smallest absolute Gasteiger partial charge is 0.339 e. The largest absolute Gasteiger partial charge is 0.478 e. The summed E-state index contributed by atoms with van der Waals surface area (Å²) in [5.74, 6) is -5.36. The van der Waals surface area contributed by atoms with Crippen LogP contribution in [0.4, 0.5) is 18.9 Å². The topological polar surface area (TPSA) is 67.2 Å². The Morgan fingerprint density at radius 2 is 1.95 bits per heavy atom. The second-order valence-corrected chi connectivity index (χ2v) is 4.04. The number of halogens is 3. The fourth-order valence-corrected chi connectivity index (χ4v) is 1.69. The van der Waals surface area contributed by atoms with E-state index >= 15 is 0 Å². The number of carboxylic acid groups (broad SMARTS) is 1. The Balaban J connectivity index is 2.21. The maximum Gasteiger partial charge on any atom is 0.339 e. The highest BCUT2D eigenvalue weighted by atomic mass is 19.2. The predicted molar refractivity (Wildman–Crippen MR) is 63.8 cm³/mol. The molecule has 0 fully saturated rings. The molecule has 1 aromatic heterocycles. The van der Waals surface area contributed by atoms with Gasteiger partial charge in [0.1, 0.15) is 5.56 Å². The van der Waals surface area contributed by atoms with Crippen LogP contribution in [0.5, 0.6) is 0 Å². The second kappa shape index (κ2) is 5.24. The molecule has 2 aromatic rings. The number of anilines is 1. The van der Waals surface area contributed by atoms with E-state index in [1.54, 1.807) is 0 Å². The van der Waals surface area contributed by atoms with Gasteiger partial charge in [0.2, 0.25) is 0 Å². The molecule has 0 bridgehead atoms. The van der Waals surface area contributed by atoms with Crippen LogP contribution in [-0.2, 0) is 13.6 Å². The van der Waals surface area contributed by atoms with Crippen LogP contribution in [0.3, 0.4) is 0 Å². The molecule has 0 unspecified atom stereocenters. The first-order chi connectivity index (χ1) is 9.40. The van der Waals surface area contributed by atoms with Crippen molar-refractivity contribution >= 4 is 11.7 Å². The molecule has 1 aromatic carbocycles. The van der Waals surface area contributed by atoms with Gasteiger partial charge in [0.05, 0.1) is 18.4 Å². The highest BCUT2D eigenvalue weighted by Crippen LogP contribution is 2.18. The minimum absolute atomic E-state index is 0.000983. The number of aromatic nitrogens is 2. The van der Waals surface area contributed by atoms with Gasteiger partial charge in [0, 0.05) is 24.9 Å². The molecule has 0 atom stereocenters. The zero-order valence-corrected chi connectivity index (χ0v) is 10.3. The first-order valence-electron chi connectivity index (χ1n) is 5.52. The van der Waals surface area contributed by atoms with E-state index in [2.05, 4.69) is 10.4 Å². The van der Waals surface area contributed by atoms with E-state index in [-0.39, 0.29) is 17.8 Å². The Kier molecular flexibility index (Phi) is 3.64. The molecule has 5 nitrogen and oxygen atoms in total. The van der Waals surface area contributed by atoms with Gasteiger partial charge >= 0.3 is 5.97 Å². The van der Waals surface area contributed by atoms with Gasteiger partial charge < -0.3 is 10.4 Å². The van der Waals surface area contributed by atoms with Gasteiger partial charge in [0.25, 0.3) is 0 Å². The van der Waals surface area contributed by atoms with Crippen molar-refractivity contribution in [3.63, 3.8) is 0 Å². The summed E-state index contributed by atoms with van der Waals surface area (Å²) in [5.41, 5.74) is 0.296. The molecule has 0 aliphatic carbocycles. The summed E-state index contributed by atoms with van der Waals surface area (Å²) in [7, 11) is 1.54. The number of aryl methyl sites for hydroxylation is 1. The average molecular weight is 285 g/mol. The number of aromatic carboxylic acids is 1. The Hall–Kier alpha value is -2.51. The van der Waals surface area contributed by atoms with Crippen LogP contribution in [0, 0.1) is 17.5 Å². The van der Waals surface area contributed by atoms with Gasteiger partial charge in [-0.3, -0.25) is 4.68 Å². The van der Waals surface area contributed by atoms with Gasteiger partial charge in [-0.2, -0.15) is 5.10 Å². The van der Waals surface area contributed by atoms with Gasteiger partial charge in [0.15, 0.2) is 17.5 Å². The molecule has 0 aliphatic rings. The minimum atomic E-state index is -1.55. The van der Waals surface area contributed by atoms with Crippen LogP contribution in [0.15, 0.2) is 18.3 Å². The molecular weight excluding hydrogens is 275 g/mol. The molecule has 0 amide bonds. The molecule has 1 heterocycles. The summed E-state index contributed by atoms with van der Waals surface area (Å²) >= 11 is 0. The van der Waals surface area contributed by atoms with Crippen LogP contribution in [0.2, 0.25) is 0 Å². The molecule has 2 rings (SSSR count). The fraction of sp³-hybridized carbons (Fsp3) is 0.167. The van der Waals surface area contributed by atoms with Gasteiger partial charge in [-0.25, -0.2) is 18.0 Å². The van der Waals surface area contributed by atoms with Gasteiger partial charge in [-0.05, 0) is 0 Å². The lowest BCUT2D eigenvalue weighted by molar-refractivity contribution is 0.0695. The summed E-state index contributed by atoms with van der Waals surface area (Å²) in [6.45, 7) is -0.0252. The van der Waals surface area contributed by atoms with Crippen LogP contribution in [0.1, 0.15) is 16.1 Å². The molecule has 0 saturated carbocycles. The summed E-state index contributed by atoms with van der Waals surface area (Å²) in [4.78, 5) is 10.9. The summed E-state index contributed by atoms with van der Waals surface area (Å²) in [6, 6.07) is 1.57. The number of hydrogen-bond acceptors (Lipinski definition) is 3. The van der Waals surface area contributed by atoms with Crippen molar-refractivity contribution in [2.45, 2.75) is 6.54 Å². The maximum atomic E-state index is 13.0. The van der Waals surface area contributed by atoms with Crippen molar-refractivity contribution in [2.75, 3.05) is 5.32 Å². The molecule has 0 radical (unpaired) electrons. The number of benzene rings is 1. The van der Waals surface area contributed by atoms with Gasteiger partial charge in [-0.15, -0.1) is 0 Å². The van der Waals surface area contributed by atoms with E-state index in [0.717, 1.165) is 12.1 Å². The SMILES string of the molecule is Cn1ncc(C(=O)O)c1CNc1cc(F)c(F)c(F)c1. The molecule has 8 heteroatoms. The van der Waals surface area contributed by atoms with Crippen molar-refractivity contribution in [3.8, 4) is 0 Å². The van der Waals surface area contributed by atoms with Crippen LogP contribution < -0.4 is 5.32 Å². The number of nitrogens with one attached hydrogen (secondary N) is 1. The highest BCUT2D eigenvalue weighted by Gasteiger charge is 2.15. The molecule has 0 spiro atoms. The van der Waals surface area contributed by atoms with Crippen molar-refractivity contribution < 1.29 is 23.1 Å². The second-order valence-electron chi connectivity index (χ2n) is 4.04. The van der Waals surface area contributed by atoms with E-state index in [4.69, 9.17) is 5.11 Å². The van der Waals surface area contributed by atoms with Crippen LogP contribution in [-0.4, -0.2) is 20.9 Å². The minimum Gasteiger partial charge on any atom is -0.478 e. The van der Waals surface area contributed by atoms with E-state index in [1.807, 2.05) is 0 Å². The van der Waals surface area contributed by atoms with Crippen LogP contribution in [0.25, 0.3) is 0 Å². The molecule has 20 heavy (non-hydrogen) atoms. The van der Waals surface area contributed by atoms with E-state index < -0.39 is 23.4 Å². The van der Waals surface area contributed by atoms with Gasteiger partial charge in [-0.1, -0.05) is 0 Å². The number of rotatable bonds is 4. The van der Waals surface area contributed by atoms with E-state index in [1.165, 1.54) is 17.9 Å². The molecule has 2 N–H and O–H groups in total. The van der Waals surface area contributed by atoms with Crippen molar-refractivity contribution in [1.82, 2.24) is 9.78 Å². The average Bonchev–Trinajstić information content (AvgIpc) is 2.74. The number of carboxylic acids is 1. The van der Waals surface area contributed by atoms with E-state index in [0.29, 0.717) is 5.69 Å². The van der Waals surface area contributed by atoms with Crippen molar-refractivity contribution in [2.24, 2.45) is 7.05 Å². The number of carbonyl (C=O) groups is 1. The molecule has 0 saturated heterocycles. The third-order valence-corrected chi connectivity index (χ3v) is 2.74. The number of hydrogen-bond donors (Lipinski definition) is 2. The Morgan fingerprint density at radius 3 is 2.50 bits per heavy atom. The zero-order valence-electron chi connectivity index (χ0n) is 10.3. The molecule has 0 aliphatic heterocycles. The monoisotopic (exact) mass is 285 g/mol. The Morgan fingerprint density at radius 1 is 1.35 bits per heavy atom. The van der Waals surface area contributed by atoms with Crippen molar-refractivity contribution in [3.05, 3.63) is 47.0 Å². The van der Waals surface area contributed by atoms with Crippen molar-refractivity contribution in [1.29, 1.82) is 0 Å². The Labute approximate surface area is 111 Å². The fourth-order valence-electron chi connectivity index (χ4n) is 1.69. The highest BCUT2D eigenvalue weighted by molar-refractivity contribution is 5.88. The standard InChI is InChI=1S/C12H10F3N3O2/c1-18-10(7(4-17-18)12(19)20)5-16-6-2-8(13)11(15)9(14)3-6/h2-4,16H,5H2,1H3,(H,19,20). The summed E-state index contributed by atoms with van der Waals surface area (Å²) in [5, 5.41) is 15.4. The normalized spacial score (nSPS) is 10.6.